The van der Waals surface area contributed by atoms with Crippen LogP contribution in [0.25, 0.3) is 0 Å². The lowest BCUT2D eigenvalue weighted by atomic mass is 10.1. The maximum absolute atomic E-state index is 9.11. The average molecular weight is 215 g/mol. The SMILES string of the molecule is CCCN.N=NC(=N)N1CCC(O)CC1. The zero-order valence-electron chi connectivity index (χ0n) is 9.24. The van der Waals surface area contributed by atoms with Crippen molar-refractivity contribution < 1.29 is 5.11 Å². The highest BCUT2D eigenvalue weighted by molar-refractivity contribution is 5.76. The van der Waals surface area contributed by atoms with Crippen LogP contribution in [-0.2, 0) is 0 Å². The fourth-order valence-corrected chi connectivity index (χ4v) is 1.15. The van der Waals surface area contributed by atoms with E-state index < -0.39 is 0 Å². The van der Waals surface area contributed by atoms with Crippen LogP contribution in [0.4, 0.5) is 0 Å². The van der Waals surface area contributed by atoms with Crippen LogP contribution in [0.3, 0.4) is 0 Å². The summed E-state index contributed by atoms with van der Waals surface area (Å²) in [5, 5.41) is 19.3. The van der Waals surface area contributed by atoms with Crippen molar-refractivity contribution in [1.82, 2.24) is 4.90 Å². The normalized spacial score (nSPS) is 16.6. The fourth-order valence-electron chi connectivity index (χ4n) is 1.15. The molecule has 0 aromatic heterocycles. The first kappa shape index (κ1) is 14.0. The van der Waals surface area contributed by atoms with E-state index in [2.05, 4.69) is 12.0 Å². The van der Waals surface area contributed by atoms with Gasteiger partial charge in [0.15, 0.2) is 0 Å². The molecule has 1 fully saturated rings. The van der Waals surface area contributed by atoms with Gasteiger partial charge in [0, 0.05) is 13.1 Å². The number of hydrogen-bond acceptors (Lipinski definition) is 4. The molecule has 1 saturated heterocycles. The summed E-state index contributed by atoms with van der Waals surface area (Å²) in [6, 6.07) is 0. The Morgan fingerprint density at radius 3 is 2.33 bits per heavy atom. The van der Waals surface area contributed by atoms with Gasteiger partial charge in [-0.1, -0.05) is 6.92 Å². The minimum absolute atomic E-state index is 0.00287. The standard InChI is InChI=1S/C6H12N4O.C3H9N/c7-6(9-8)10-3-1-5(11)2-4-10;1-2-3-4/h5,7-8,11H,1-4H2;2-4H2,1H3. The van der Waals surface area contributed by atoms with E-state index in [1.54, 1.807) is 4.90 Å². The quantitative estimate of drug-likeness (QED) is 0.294. The summed E-state index contributed by atoms with van der Waals surface area (Å²) < 4.78 is 0. The number of nitrogens with zero attached hydrogens (tertiary/aromatic N) is 2. The van der Waals surface area contributed by atoms with E-state index in [-0.39, 0.29) is 12.1 Å². The van der Waals surface area contributed by atoms with E-state index in [0.29, 0.717) is 25.9 Å². The van der Waals surface area contributed by atoms with Gasteiger partial charge in [-0.15, -0.1) is 5.11 Å². The Balaban J connectivity index is 0.000000423. The van der Waals surface area contributed by atoms with E-state index in [1.807, 2.05) is 0 Å². The van der Waals surface area contributed by atoms with E-state index >= 15 is 0 Å². The van der Waals surface area contributed by atoms with Crippen molar-refractivity contribution in [2.45, 2.75) is 32.3 Å². The molecule has 0 radical (unpaired) electrons. The van der Waals surface area contributed by atoms with Crippen molar-refractivity contribution in [3.8, 4) is 0 Å². The zero-order valence-corrected chi connectivity index (χ0v) is 9.24. The van der Waals surface area contributed by atoms with Crippen molar-refractivity contribution in [3.05, 3.63) is 0 Å². The average Bonchev–Trinajstić information content (AvgIpc) is 2.29. The van der Waals surface area contributed by atoms with Crippen LogP contribution in [0.1, 0.15) is 26.2 Å². The molecule has 1 aliphatic rings. The van der Waals surface area contributed by atoms with Crippen LogP contribution < -0.4 is 5.73 Å². The minimum Gasteiger partial charge on any atom is -0.393 e. The van der Waals surface area contributed by atoms with Gasteiger partial charge < -0.3 is 15.7 Å². The lowest BCUT2D eigenvalue weighted by molar-refractivity contribution is 0.108. The van der Waals surface area contributed by atoms with Crippen LogP contribution in [0.5, 0.6) is 0 Å². The Hall–Kier alpha value is -1.01. The highest BCUT2D eigenvalue weighted by atomic mass is 16.3. The van der Waals surface area contributed by atoms with Gasteiger partial charge in [-0.2, -0.15) is 0 Å². The topological polar surface area (TPSA) is 110 Å². The molecule has 0 atom stereocenters. The van der Waals surface area contributed by atoms with Crippen molar-refractivity contribution in [2.75, 3.05) is 19.6 Å². The van der Waals surface area contributed by atoms with Crippen molar-refractivity contribution in [3.63, 3.8) is 0 Å². The molecule has 1 aliphatic heterocycles. The van der Waals surface area contributed by atoms with E-state index in [4.69, 9.17) is 21.8 Å². The third-order valence-corrected chi connectivity index (χ3v) is 2.16. The number of piperidine rings is 1. The molecule has 0 aromatic rings. The number of nitrogens with two attached hydrogens (primary N) is 1. The Bertz CT molecular complexity index is 187. The first-order chi connectivity index (χ1) is 7.15. The lowest BCUT2D eigenvalue weighted by Crippen LogP contribution is -2.38. The zero-order chi connectivity index (χ0) is 11.7. The molecule has 15 heavy (non-hydrogen) atoms. The number of guanidine groups is 1. The Morgan fingerprint density at radius 2 is 2.00 bits per heavy atom. The monoisotopic (exact) mass is 215 g/mol. The number of nitrogens with one attached hydrogen (secondary N) is 2. The molecule has 88 valence electrons. The number of likely N-dealkylation sites (tertiary alicyclic amines) is 1. The Kier molecular flexibility index (Phi) is 7.75. The summed E-state index contributed by atoms with van der Waals surface area (Å²) in [5.41, 5.74) is 11.6. The molecule has 0 aliphatic carbocycles. The molecular weight excluding hydrogens is 194 g/mol. The molecule has 0 bridgehead atoms. The predicted octanol–water partition coefficient (Wildman–Crippen LogP) is 0.764. The molecule has 6 nitrogen and oxygen atoms in total. The highest BCUT2D eigenvalue weighted by Gasteiger charge is 2.18. The molecule has 1 heterocycles. The number of rotatable bonds is 1. The smallest absolute Gasteiger partial charge is 0.237 e. The van der Waals surface area contributed by atoms with Crippen molar-refractivity contribution in [1.29, 1.82) is 10.9 Å². The van der Waals surface area contributed by atoms with Crippen LogP contribution in [-0.4, -0.2) is 41.7 Å². The largest absolute Gasteiger partial charge is 0.393 e. The molecule has 0 aromatic carbocycles. The third kappa shape index (κ3) is 6.14. The maximum atomic E-state index is 9.11. The number of aliphatic hydroxyl groups excluding tert-OH is 1. The molecule has 1 rings (SSSR count). The minimum atomic E-state index is -0.232. The second-order valence-electron chi connectivity index (χ2n) is 3.44. The van der Waals surface area contributed by atoms with Crippen LogP contribution in [0.2, 0.25) is 0 Å². The van der Waals surface area contributed by atoms with Gasteiger partial charge in [0.25, 0.3) is 0 Å². The number of hydrogen-bond donors (Lipinski definition) is 4. The Morgan fingerprint density at radius 1 is 1.53 bits per heavy atom. The summed E-state index contributed by atoms with van der Waals surface area (Å²) >= 11 is 0. The van der Waals surface area contributed by atoms with E-state index in [0.717, 1.165) is 13.0 Å². The molecule has 0 unspecified atom stereocenters. The lowest BCUT2D eigenvalue weighted by Gasteiger charge is -2.28. The fraction of sp³-hybridized carbons (Fsp3) is 0.889. The summed E-state index contributed by atoms with van der Waals surface area (Å²) in [5.74, 6) is -0.00287. The first-order valence-electron chi connectivity index (χ1n) is 5.24. The molecule has 0 amide bonds. The first-order valence-corrected chi connectivity index (χ1v) is 5.24. The van der Waals surface area contributed by atoms with Gasteiger partial charge in [0.1, 0.15) is 0 Å². The molecule has 5 N–H and O–H groups in total. The second-order valence-corrected chi connectivity index (χ2v) is 3.44. The van der Waals surface area contributed by atoms with E-state index in [9.17, 15) is 0 Å². The van der Waals surface area contributed by atoms with Gasteiger partial charge in [-0.3, -0.25) is 5.41 Å². The van der Waals surface area contributed by atoms with Crippen LogP contribution in [0.15, 0.2) is 5.11 Å². The summed E-state index contributed by atoms with van der Waals surface area (Å²) in [6.45, 7) is 4.16. The summed E-state index contributed by atoms with van der Waals surface area (Å²) in [4.78, 5) is 1.69. The second kappa shape index (κ2) is 8.31. The van der Waals surface area contributed by atoms with Crippen molar-refractivity contribution in [2.24, 2.45) is 10.8 Å². The van der Waals surface area contributed by atoms with Crippen molar-refractivity contribution >= 4 is 5.96 Å². The van der Waals surface area contributed by atoms with Gasteiger partial charge >= 0.3 is 0 Å². The molecule has 6 heteroatoms. The maximum Gasteiger partial charge on any atom is 0.237 e. The summed E-state index contributed by atoms with van der Waals surface area (Å²) in [7, 11) is 0. The van der Waals surface area contributed by atoms with Gasteiger partial charge in [0.2, 0.25) is 5.96 Å². The Labute approximate surface area is 90.5 Å². The van der Waals surface area contributed by atoms with Gasteiger partial charge in [-0.25, -0.2) is 5.53 Å². The number of aliphatic hydroxyl groups is 1. The molecular formula is C9H21N5O. The van der Waals surface area contributed by atoms with Gasteiger partial charge in [0.05, 0.1) is 6.10 Å². The van der Waals surface area contributed by atoms with E-state index in [1.165, 1.54) is 0 Å². The predicted molar refractivity (Wildman–Crippen MR) is 59.0 cm³/mol. The third-order valence-electron chi connectivity index (χ3n) is 2.16. The molecule has 0 spiro atoms. The van der Waals surface area contributed by atoms with Crippen LogP contribution >= 0.6 is 0 Å². The highest BCUT2D eigenvalue weighted by Crippen LogP contribution is 2.09. The molecule has 0 saturated carbocycles. The van der Waals surface area contributed by atoms with Crippen LogP contribution in [0, 0.1) is 10.9 Å². The van der Waals surface area contributed by atoms with Gasteiger partial charge in [-0.05, 0) is 25.8 Å². The summed E-state index contributed by atoms with van der Waals surface area (Å²) in [6.07, 6.45) is 2.22.